The summed E-state index contributed by atoms with van der Waals surface area (Å²) in [6, 6.07) is 4.84. The van der Waals surface area contributed by atoms with Gasteiger partial charge in [0.2, 0.25) is 15.9 Å². The van der Waals surface area contributed by atoms with Gasteiger partial charge in [-0.1, -0.05) is 23.7 Å². The molecule has 1 amide bonds. The topological polar surface area (TPSA) is 79.4 Å². The van der Waals surface area contributed by atoms with E-state index in [0.29, 0.717) is 28.8 Å². The summed E-state index contributed by atoms with van der Waals surface area (Å²) in [7, 11) is -3.69. The van der Waals surface area contributed by atoms with Crippen LogP contribution in [0, 0.1) is 0 Å². The molecule has 1 aromatic carbocycles. The highest BCUT2D eigenvalue weighted by atomic mass is 35.5. The fourth-order valence-corrected chi connectivity index (χ4v) is 4.92. The molecule has 1 unspecified atom stereocenters. The standard InChI is InChI=1S/C15H16ClN3O3S/c1-10(20)18-12-5-6-19(9-12)23(21,22)14-4-2-3-11-7-17-8-13(16)15(11)14/h2-4,7-8,12H,5-6,9H2,1H3,(H,18,20). The molecule has 2 heterocycles. The van der Waals surface area contributed by atoms with Gasteiger partial charge in [-0.15, -0.1) is 0 Å². The molecule has 1 aliphatic rings. The summed E-state index contributed by atoms with van der Waals surface area (Å²) >= 11 is 6.17. The predicted octanol–water partition coefficient (Wildman–Crippen LogP) is 1.79. The van der Waals surface area contributed by atoms with Crippen molar-refractivity contribution in [3.63, 3.8) is 0 Å². The maximum atomic E-state index is 13.0. The van der Waals surface area contributed by atoms with E-state index >= 15 is 0 Å². The average Bonchev–Trinajstić information content (AvgIpc) is 2.95. The normalized spacial score (nSPS) is 19.1. The Morgan fingerprint density at radius 3 is 2.91 bits per heavy atom. The summed E-state index contributed by atoms with van der Waals surface area (Å²) in [6.07, 6.45) is 3.62. The minimum atomic E-state index is -3.69. The Labute approximate surface area is 139 Å². The van der Waals surface area contributed by atoms with Gasteiger partial charge < -0.3 is 5.32 Å². The van der Waals surface area contributed by atoms with Crippen molar-refractivity contribution in [2.45, 2.75) is 24.3 Å². The summed E-state index contributed by atoms with van der Waals surface area (Å²) in [5.41, 5.74) is 0. The van der Waals surface area contributed by atoms with Crippen molar-refractivity contribution in [3.05, 3.63) is 35.6 Å². The minimum Gasteiger partial charge on any atom is -0.352 e. The molecule has 0 saturated carbocycles. The molecule has 6 nitrogen and oxygen atoms in total. The molecule has 1 fully saturated rings. The zero-order valence-corrected chi connectivity index (χ0v) is 14.1. The number of nitrogens with one attached hydrogen (secondary N) is 1. The molecule has 1 saturated heterocycles. The molecule has 122 valence electrons. The third kappa shape index (κ3) is 3.04. The van der Waals surface area contributed by atoms with Crippen LogP contribution in [0.4, 0.5) is 0 Å². The first-order chi connectivity index (χ1) is 10.9. The quantitative estimate of drug-likeness (QED) is 0.912. The number of pyridine rings is 1. The van der Waals surface area contributed by atoms with Crippen LogP contribution in [0.25, 0.3) is 10.8 Å². The van der Waals surface area contributed by atoms with Crippen LogP contribution in [0.2, 0.25) is 5.02 Å². The highest BCUT2D eigenvalue weighted by molar-refractivity contribution is 7.89. The smallest absolute Gasteiger partial charge is 0.243 e. The number of nitrogens with zero attached hydrogens (tertiary/aromatic N) is 2. The Morgan fingerprint density at radius 1 is 1.39 bits per heavy atom. The van der Waals surface area contributed by atoms with Gasteiger partial charge in [0.15, 0.2) is 0 Å². The first kappa shape index (κ1) is 16.2. The fraction of sp³-hybridized carbons (Fsp3) is 0.333. The zero-order valence-electron chi connectivity index (χ0n) is 12.5. The van der Waals surface area contributed by atoms with Crippen LogP contribution < -0.4 is 5.32 Å². The van der Waals surface area contributed by atoms with Gasteiger partial charge in [-0.2, -0.15) is 4.31 Å². The maximum Gasteiger partial charge on any atom is 0.243 e. The van der Waals surface area contributed by atoms with E-state index in [4.69, 9.17) is 11.6 Å². The molecule has 8 heteroatoms. The third-order valence-corrected chi connectivity index (χ3v) is 6.07. The van der Waals surface area contributed by atoms with E-state index < -0.39 is 10.0 Å². The first-order valence-electron chi connectivity index (χ1n) is 7.19. The van der Waals surface area contributed by atoms with E-state index in [0.717, 1.165) is 0 Å². The minimum absolute atomic E-state index is 0.158. The maximum absolute atomic E-state index is 13.0. The summed E-state index contributed by atoms with van der Waals surface area (Å²) in [5, 5.41) is 4.22. The first-order valence-corrected chi connectivity index (χ1v) is 9.01. The largest absolute Gasteiger partial charge is 0.352 e. The van der Waals surface area contributed by atoms with Gasteiger partial charge in [0.05, 0.1) is 9.92 Å². The second-order valence-corrected chi connectivity index (χ2v) is 7.84. The lowest BCUT2D eigenvalue weighted by molar-refractivity contribution is -0.119. The molecule has 1 aromatic heterocycles. The second kappa shape index (κ2) is 6.07. The molecule has 1 N–H and O–H groups in total. The molecule has 0 aliphatic carbocycles. The average molecular weight is 354 g/mol. The van der Waals surface area contributed by atoms with Crippen LogP contribution in [0.3, 0.4) is 0 Å². The van der Waals surface area contributed by atoms with E-state index in [2.05, 4.69) is 10.3 Å². The van der Waals surface area contributed by atoms with E-state index in [1.54, 1.807) is 24.4 Å². The third-order valence-electron chi connectivity index (χ3n) is 3.87. The summed E-state index contributed by atoms with van der Waals surface area (Å²) in [6.45, 7) is 2.06. The van der Waals surface area contributed by atoms with Crippen molar-refractivity contribution in [1.29, 1.82) is 0 Å². The molecular weight excluding hydrogens is 338 g/mol. The summed E-state index contributed by atoms with van der Waals surface area (Å²) < 4.78 is 27.3. The number of aromatic nitrogens is 1. The van der Waals surface area contributed by atoms with Crippen LogP contribution >= 0.6 is 11.6 Å². The number of halogens is 1. The van der Waals surface area contributed by atoms with Crippen molar-refractivity contribution in [2.75, 3.05) is 13.1 Å². The molecule has 0 radical (unpaired) electrons. The van der Waals surface area contributed by atoms with Gasteiger partial charge in [0.25, 0.3) is 0 Å². The number of rotatable bonds is 3. The molecule has 0 bridgehead atoms. The number of hydrogen-bond acceptors (Lipinski definition) is 4. The molecule has 2 aromatic rings. The van der Waals surface area contributed by atoms with Gasteiger partial charge in [-0.05, 0) is 12.5 Å². The highest BCUT2D eigenvalue weighted by Crippen LogP contribution is 2.31. The molecule has 1 atom stereocenters. The van der Waals surface area contributed by atoms with E-state index in [1.165, 1.54) is 17.4 Å². The van der Waals surface area contributed by atoms with Crippen LogP contribution in [-0.2, 0) is 14.8 Å². The van der Waals surface area contributed by atoms with Gasteiger partial charge in [-0.3, -0.25) is 9.78 Å². The number of sulfonamides is 1. The van der Waals surface area contributed by atoms with Gasteiger partial charge >= 0.3 is 0 Å². The van der Waals surface area contributed by atoms with Gasteiger partial charge in [-0.25, -0.2) is 8.42 Å². The Balaban J connectivity index is 2.00. The Bertz CT molecular complexity index is 864. The lowest BCUT2D eigenvalue weighted by atomic mass is 10.2. The number of fused-ring (bicyclic) bond motifs is 1. The fourth-order valence-electron chi connectivity index (χ4n) is 2.86. The molecule has 23 heavy (non-hydrogen) atoms. The number of carbonyl (C=O) groups is 1. The van der Waals surface area contributed by atoms with Crippen molar-refractivity contribution < 1.29 is 13.2 Å². The molecular formula is C15H16ClN3O3S. The van der Waals surface area contributed by atoms with Crippen molar-refractivity contribution in [2.24, 2.45) is 0 Å². The molecule has 0 spiro atoms. The Hall–Kier alpha value is -1.70. The van der Waals surface area contributed by atoms with Crippen molar-refractivity contribution in [3.8, 4) is 0 Å². The summed E-state index contributed by atoms with van der Waals surface area (Å²) in [5.74, 6) is -0.159. The lowest BCUT2D eigenvalue weighted by Gasteiger charge is -2.18. The number of amides is 1. The predicted molar refractivity (Wildman–Crippen MR) is 87.7 cm³/mol. The molecule has 3 rings (SSSR count). The number of carbonyl (C=O) groups excluding carboxylic acids is 1. The lowest BCUT2D eigenvalue weighted by Crippen LogP contribution is -2.37. The monoisotopic (exact) mass is 353 g/mol. The second-order valence-electron chi connectivity index (χ2n) is 5.52. The van der Waals surface area contributed by atoms with E-state index in [-0.39, 0.29) is 23.4 Å². The van der Waals surface area contributed by atoms with Crippen molar-refractivity contribution >= 4 is 38.3 Å². The Morgan fingerprint density at radius 2 is 2.17 bits per heavy atom. The number of hydrogen-bond donors (Lipinski definition) is 1. The van der Waals surface area contributed by atoms with E-state index in [1.807, 2.05) is 0 Å². The van der Waals surface area contributed by atoms with Crippen LogP contribution in [0.5, 0.6) is 0 Å². The van der Waals surface area contributed by atoms with Gasteiger partial charge in [0, 0.05) is 49.2 Å². The Kier molecular flexibility index (Phi) is 4.27. The van der Waals surface area contributed by atoms with E-state index in [9.17, 15) is 13.2 Å². The number of benzene rings is 1. The molecule has 1 aliphatic heterocycles. The van der Waals surface area contributed by atoms with Crippen LogP contribution in [0.15, 0.2) is 35.5 Å². The van der Waals surface area contributed by atoms with Crippen LogP contribution in [-0.4, -0.2) is 42.7 Å². The zero-order chi connectivity index (χ0) is 16.6. The highest BCUT2D eigenvalue weighted by Gasteiger charge is 2.34. The van der Waals surface area contributed by atoms with Crippen molar-refractivity contribution in [1.82, 2.24) is 14.6 Å². The SMILES string of the molecule is CC(=O)NC1CCN(S(=O)(=O)c2cccc3cncc(Cl)c23)C1. The van der Waals surface area contributed by atoms with Gasteiger partial charge in [0.1, 0.15) is 0 Å². The van der Waals surface area contributed by atoms with Crippen LogP contribution in [0.1, 0.15) is 13.3 Å². The summed E-state index contributed by atoms with van der Waals surface area (Å²) in [4.78, 5) is 15.3.